The highest BCUT2D eigenvalue weighted by Crippen LogP contribution is 1.96. The fourth-order valence-corrected chi connectivity index (χ4v) is 2.12. The van der Waals surface area contributed by atoms with Crippen molar-refractivity contribution in [2.24, 2.45) is 11.8 Å². The molecule has 0 aromatic rings. The highest BCUT2D eigenvalue weighted by Gasteiger charge is 2.08. The molecule has 0 aliphatic carbocycles. The molecule has 0 heterocycles. The molecule has 0 aliphatic rings. The Hall–Kier alpha value is -0.600. The zero-order chi connectivity index (χ0) is 32.9. The lowest BCUT2D eigenvalue weighted by molar-refractivity contribution is -0.0333. The zero-order valence-corrected chi connectivity index (χ0v) is 26.1. The van der Waals surface area contributed by atoms with Crippen molar-refractivity contribution in [3.8, 4) is 0 Å². The first-order chi connectivity index (χ1) is 20.2. The molecule has 0 fully saturated rings. The van der Waals surface area contributed by atoms with Gasteiger partial charge >= 0.3 is 0 Å². The molecule has 15 heteroatoms. The summed E-state index contributed by atoms with van der Waals surface area (Å²) < 4.78 is 29.7. The van der Waals surface area contributed by atoms with Gasteiger partial charge < -0.3 is 74.4 Å². The van der Waals surface area contributed by atoms with Crippen LogP contribution < -0.4 is 0 Å². The maximum Gasteiger partial charge on any atom is 0.101 e. The van der Waals surface area contributed by atoms with Crippen LogP contribution in [0.4, 0.5) is 0 Å². The second-order valence-corrected chi connectivity index (χ2v) is 8.58. The summed E-state index contributed by atoms with van der Waals surface area (Å²) in [5, 5.41) is 77.7. The molecule has 0 saturated heterocycles. The maximum atomic E-state index is 9.26. The van der Waals surface area contributed by atoms with Crippen LogP contribution in [0.3, 0.4) is 0 Å². The second-order valence-electron chi connectivity index (χ2n) is 8.58. The van der Waals surface area contributed by atoms with Crippen molar-refractivity contribution in [1.82, 2.24) is 0 Å². The number of ether oxygens (including phenoxy) is 6. The molecule has 0 radical (unpaired) electrons. The molecule has 42 heavy (non-hydrogen) atoms. The molecule has 15 nitrogen and oxygen atoms in total. The highest BCUT2D eigenvalue weighted by molar-refractivity contribution is 4.56. The topological polar surface area (TPSA) is 237 Å². The molecule has 0 aromatic carbocycles. The first-order valence-electron chi connectivity index (χ1n) is 14.4. The van der Waals surface area contributed by atoms with Gasteiger partial charge in [0.15, 0.2) is 0 Å². The summed E-state index contributed by atoms with van der Waals surface area (Å²) in [5.74, 6) is -0.376. The standard InChI is InChI=1S/C9H20O5.C7H16O4.C6H14O3.C5H12O3/c1-2-13-6-9(12)7-14-5-8(3-10)4-11;1-2-10-3-4-11-6-7(9)5-8;1-2-9-5-6(3-7)4-8;1-2-8-4-5(7)3-6/h8-12H,2-7H2,1H3;7-9H,2-6H2,1H3;6-8H,2-5H2,1H3;5-7H,2-4H2,1H3. The van der Waals surface area contributed by atoms with E-state index in [-0.39, 0.29) is 84.5 Å². The van der Waals surface area contributed by atoms with E-state index in [0.717, 1.165) is 0 Å². The molecule has 0 rings (SSSR count). The molecule has 0 spiro atoms. The molecule has 3 unspecified atom stereocenters. The smallest absolute Gasteiger partial charge is 0.101 e. The van der Waals surface area contributed by atoms with Gasteiger partial charge in [0.05, 0.1) is 92.5 Å². The van der Waals surface area contributed by atoms with Gasteiger partial charge in [0.25, 0.3) is 0 Å². The number of aliphatic hydroxyl groups excluding tert-OH is 9. The van der Waals surface area contributed by atoms with Gasteiger partial charge in [-0.3, -0.25) is 0 Å². The Balaban J connectivity index is -0.000000235. The predicted octanol–water partition coefficient (Wildman–Crippen LogP) is -2.61. The van der Waals surface area contributed by atoms with Gasteiger partial charge in [-0.1, -0.05) is 0 Å². The second kappa shape index (κ2) is 42.5. The lowest BCUT2D eigenvalue weighted by Gasteiger charge is -2.14. The van der Waals surface area contributed by atoms with Crippen LogP contribution in [0.25, 0.3) is 0 Å². The quantitative estimate of drug-likeness (QED) is 0.0472. The zero-order valence-electron chi connectivity index (χ0n) is 26.1. The third kappa shape index (κ3) is 43.8. The van der Waals surface area contributed by atoms with Crippen molar-refractivity contribution in [2.75, 3.05) is 119 Å². The van der Waals surface area contributed by atoms with Crippen molar-refractivity contribution in [3.05, 3.63) is 0 Å². The number of rotatable bonds is 25. The van der Waals surface area contributed by atoms with Gasteiger partial charge in [0.1, 0.15) is 18.3 Å². The van der Waals surface area contributed by atoms with Gasteiger partial charge in [-0.15, -0.1) is 0 Å². The van der Waals surface area contributed by atoms with E-state index in [4.69, 9.17) is 69.3 Å². The van der Waals surface area contributed by atoms with E-state index in [2.05, 4.69) is 0 Å². The number of hydrogen-bond acceptors (Lipinski definition) is 15. The minimum atomic E-state index is -0.767. The van der Waals surface area contributed by atoms with Crippen LogP contribution in [-0.2, 0) is 28.4 Å². The summed E-state index contributed by atoms with van der Waals surface area (Å²) in [6.45, 7) is 11.7. The first-order valence-corrected chi connectivity index (χ1v) is 14.4. The molecular formula is C27H62O15. The van der Waals surface area contributed by atoms with E-state index < -0.39 is 18.3 Å². The van der Waals surface area contributed by atoms with Crippen molar-refractivity contribution >= 4 is 0 Å². The van der Waals surface area contributed by atoms with E-state index in [1.807, 2.05) is 27.7 Å². The third-order valence-corrected chi connectivity index (χ3v) is 4.59. The average molecular weight is 627 g/mol. The Labute approximate surface area is 251 Å². The number of hydrogen-bond donors (Lipinski definition) is 9. The van der Waals surface area contributed by atoms with Crippen LogP contribution in [0.1, 0.15) is 27.7 Å². The van der Waals surface area contributed by atoms with Gasteiger partial charge in [-0.05, 0) is 27.7 Å². The van der Waals surface area contributed by atoms with Gasteiger partial charge in [-0.25, -0.2) is 0 Å². The van der Waals surface area contributed by atoms with Crippen molar-refractivity contribution in [2.45, 2.75) is 46.0 Å². The van der Waals surface area contributed by atoms with Gasteiger partial charge in [0, 0.05) is 38.3 Å². The SMILES string of the molecule is CCOCC(CO)CO.CCOCC(O)CO.CCOCC(O)COCC(CO)CO.CCOCCOCC(O)CO. The number of aliphatic hydroxyl groups is 9. The third-order valence-electron chi connectivity index (χ3n) is 4.59. The molecule has 0 aliphatic heterocycles. The van der Waals surface area contributed by atoms with E-state index in [9.17, 15) is 5.11 Å². The normalized spacial score (nSPS) is 12.9. The van der Waals surface area contributed by atoms with E-state index in [1.54, 1.807) is 0 Å². The van der Waals surface area contributed by atoms with Crippen LogP contribution in [0.15, 0.2) is 0 Å². The Kier molecular flexibility index (Phi) is 48.9. The Bertz CT molecular complexity index is 444. The summed E-state index contributed by atoms with van der Waals surface area (Å²) >= 11 is 0. The van der Waals surface area contributed by atoms with Gasteiger partial charge in [-0.2, -0.15) is 0 Å². The molecule has 9 N–H and O–H groups in total. The lowest BCUT2D eigenvalue weighted by Crippen LogP contribution is -2.25. The van der Waals surface area contributed by atoms with Crippen molar-refractivity contribution in [1.29, 1.82) is 0 Å². The summed E-state index contributed by atoms with van der Waals surface area (Å²) in [5.41, 5.74) is 0. The largest absolute Gasteiger partial charge is 0.396 e. The van der Waals surface area contributed by atoms with E-state index in [0.29, 0.717) is 46.2 Å². The predicted molar refractivity (Wildman–Crippen MR) is 155 cm³/mol. The summed E-state index contributed by atoms with van der Waals surface area (Å²) in [6, 6.07) is 0. The average Bonchev–Trinajstić information content (AvgIpc) is 3.02. The Morgan fingerprint density at radius 2 is 0.667 bits per heavy atom. The van der Waals surface area contributed by atoms with Crippen LogP contribution >= 0.6 is 0 Å². The Morgan fingerprint density at radius 1 is 0.357 bits per heavy atom. The summed E-state index contributed by atoms with van der Waals surface area (Å²) in [4.78, 5) is 0. The molecule has 0 saturated carbocycles. The van der Waals surface area contributed by atoms with Gasteiger partial charge in [0.2, 0.25) is 0 Å². The van der Waals surface area contributed by atoms with Crippen molar-refractivity contribution < 1.29 is 74.4 Å². The monoisotopic (exact) mass is 626 g/mol. The lowest BCUT2D eigenvalue weighted by atomic mass is 10.2. The summed E-state index contributed by atoms with van der Waals surface area (Å²) in [7, 11) is 0. The highest BCUT2D eigenvalue weighted by atomic mass is 16.5. The maximum absolute atomic E-state index is 9.26. The minimum absolute atomic E-state index is 0.00347. The van der Waals surface area contributed by atoms with Crippen molar-refractivity contribution in [3.63, 3.8) is 0 Å². The minimum Gasteiger partial charge on any atom is -0.396 e. The van der Waals surface area contributed by atoms with Crippen LogP contribution in [-0.4, -0.2) is 183 Å². The molecule has 0 aromatic heterocycles. The first kappa shape index (κ1) is 48.3. The molecular weight excluding hydrogens is 564 g/mol. The Morgan fingerprint density at radius 3 is 1.05 bits per heavy atom. The van der Waals surface area contributed by atoms with E-state index >= 15 is 0 Å². The molecule has 260 valence electrons. The van der Waals surface area contributed by atoms with Crippen LogP contribution in [0, 0.1) is 11.8 Å². The van der Waals surface area contributed by atoms with E-state index in [1.165, 1.54) is 0 Å². The molecule has 3 atom stereocenters. The molecule has 0 bridgehead atoms. The fraction of sp³-hybridized carbons (Fsp3) is 1.00. The van der Waals surface area contributed by atoms with Crippen LogP contribution in [0.2, 0.25) is 0 Å². The summed E-state index contributed by atoms with van der Waals surface area (Å²) in [6.07, 6.45) is -2.13. The van der Waals surface area contributed by atoms with Crippen LogP contribution in [0.5, 0.6) is 0 Å². The fourth-order valence-electron chi connectivity index (χ4n) is 2.12. The molecule has 0 amide bonds.